The van der Waals surface area contributed by atoms with Crippen LogP contribution in [0.1, 0.15) is 0 Å². The lowest BCUT2D eigenvalue weighted by Gasteiger charge is -2.19. The number of hydrogen-bond donors (Lipinski definition) is 0. The summed E-state index contributed by atoms with van der Waals surface area (Å²) in [5.74, 6) is 0. The van der Waals surface area contributed by atoms with E-state index in [0.29, 0.717) is 0 Å². The molecule has 204 valence electrons. The minimum absolute atomic E-state index is 1.27. The Bertz CT molecular complexity index is 2620. The Morgan fingerprint density at radius 2 is 0.727 bits per heavy atom. The van der Waals surface area contributed by atoms with Crippen molar-refractivity contribution in [2.75, 3.05) is 0 Å². The topological polar surface area (TPSA) is 0 Å². The van der Waals surface area contributed by atoms with E-state index in [1.54, 1.807) is 0 Å². The van der Waals surface area contributed by atoms with Crippen molar-refractivity contribution in [3.8, 4) is 22.3 Å². The third-order valence-electron chi connectivity index (χ3n) is 9.25. The van der Waals surface area contributed by atoms with Gasteiger partial charge in [-0.05, 0) is 61.6 Å². The van der Waals surface area contributed by atoms with E-state index in [2.05, 4.69) is 146 Å². The van der Waals surface area contributed by atoms with Crippen LogP contribution in [-0.4, -0.2) is 0 Å². The molecule has 0 saturated heterocycles. The van der Waals surface area contributed by atoms with Crippen LogP contribution < -0.4 is 0 Å². The monoisotopic (exact) mass is 592 g/mol. The highest BCUT2D eigenvalue weighted by Gasteiger charge is 2.23. The first kappa shape index (κ1) is 24.4. The van der Waals surface area contributed by atoms with Gasteiger partial charge in [0.25, 0.3) is 0 Å². The fourth-order valence-corrected chi connectivity index (χ4v) is 9.94. The van der Waals surface area contributed by atoms with Gasteiger partial charge < -0.3 is 0 Å². The molecule has 44 heavy (non-hydrogen) atoms. The zero-order valence-electron chi connectivity index (χ0n) is 23.7. The lowest BCUT2D eigenvalue weighted by atomic mass is 9.84. The average Bonchev–Trinajstić information content (AvgIpc) is 3.64. The van der Waals surface area contributed by atoms with Crippen LogP contribution in [0.25, 0.3) is 94.9 Å². The van der Waals surface area contributed by atoms with Gasteiger partial charge in [-0.3, -0.25) is 0 Å². The maximum absolute atomic E-state index is 2.46. The fourth-order valence-electron chi connectivity index (χ4n) is 7.39. The van der Waals surface area contributed by atoms with E-state index < -0.39 is 0 Å². The maximum Gasteiger partial charge on any atom is 0.0448 e. The van der Waals surface area contributed by atoms with Crippen molar-refractivity contribution < 1.29 is 0 Å². The van der Waals surface area contributed by atoms with Gasteiger partial charge in [-0.15, -0.1) is 22.7 Å². The van der Waals surface area contributed by atoms with Crippen LogP contribution in [0.15, 0.2) is 146 Å². The van der Waals surface area contributed by atoms with Gasteiger partial charge in [-0.2, -0.15) is 0 Å². The molecule has 0 atom stereocenters. The van der Waals surface area contributed by atoms with Gasteiger partial charge in [0.15, 0.2) is 0 Å². The van der Waals surface area contributed by atoms with E-state index in [4.69, 9.17) is 0 Å². The molecule has 0 aliphatic rings. The largest absolute Gasteiger partial charge is 0.134 e. The third kappa shape index (κ3) is 3.33. The van der Waals surface area contributed by atoms with E-state index >= 15 is 0 Å². The molecule has 0 N–H and O–H groups in total. The van der Waals surface area contributed by atoms with E-state index in [1.807, 2.05) is 22.7 Å². The third-order valence-corrected chi connectivity index (χ3v) is 11.7. The van der Waals surface area contributed by atoms with Crippen molar-refractivity contribution in [2.45, 2.75) is 0 Å². The van der Waals surface area contributed by atoms with Gasteiger partial charge in [0.05, 0.1) is 0 Å². The number of thiophene rings is 2. The predicted molar refractivity (Wildman–Crippen MR) is 196 cm³/mol. The minimum atomic E-state index is 1.27. The molecular weight excluding hydrogens is 569 g/mol. The molecule has 0 spiro atoms. The smallest absolute Gasteiger partial charge is 0.0448 e. The number of rotatable bonds is 2. The Morgan fingerprint density at radius 1 is 0.295 bits per heavy atom. The molecule has 0 saturated carbocycles. The van der Waals surface area contributed by atoms with Crippen molar-refractivity contribution in [1.82, 2.24) is 0 Å². The summed E-state index contributed by atoms with van der Waals surface area (Å²) >= 11 is 3.87. The summed E-state index contributed by atoms with van der Waals surface area (Å²) in [5.41, 5.74) is 5.31. The van der Waals surface area contributed by atoms with Crippen molar-refractivity contribution >= 4 is 95.3 Å². The van der Waals surface area contributed by atoms with Crippen molar-refractivity contribution in [2.24, 2.45) is 0 Å². The molecule has 2 heterocycles. The van der Waals surface area contributed by atoms with E-state index in [1.165, 1.54) is 94.9 Å². The average molecular weight is 593 g/mol. The zero-order chi connectivity index (χ0) is 28.8. The predicted octanol–water partition coefficient (Wildman–Crippen LogP) is 13.2. The van der Waals surface area contributed by atoms with Gasteiger partial charge in [0.1, 0.15) is 0 Å². The van der Waals surface area contributed by atoms with Gasteiger partial charge >= 0.3 is 0 Å². The second kappa shape index (κ2) is 9.24. The minimum Gasteiger partial charge on any atom is -0.134 e. The normalized spacial score (nSPS) is 12.1. The summed E-state index contributed by atoms with van der Waals surface area (Å²) in [6.07, 6.45) is 0. The molecule has 0 amide bonds. The Balaban J connectivity index is 1.46. The molecule has 0 nitrogen and oxygen atoms in total. The van der Waals surface area contributed by atoms with Crippen LogP contribution in [0, 0.1) is 0 Å². The summed E-state index contributed by atoms with van der Waals surface area (Å²) in [6, 6.07) is 53.9. The molecule has 0 aliphatic heterocycles. The van der Waals surface area contributed by atoms with Gasteiger partial charge in [0.2, 0.25) is 0 Å². The maximum atomic E-state index is 2.46. The van der Waals surface area contributed by atoms with Crippen molar-refractivity contribution in [1.29, 1.82) is 0 Å². The summed E-state index contributed by atoms with van der Waals surface area (Å²) < 4.78 is 5.43. The van der Waals surface area contributed by atoms with Gasteiger partial charge in [-0.25, -0.2) is 0 Å². The molecule has 10 rings (SSSR count). The molecule has 8 aromatic carbocycles. The second-order valence-corrected chi connectivity index (χ2v) is 13.7. The SMILES string of the molecule is c1ccc2c(-c3c4ccccc4c(-c4c5sc6ccccc6c5cc5c4sc4ccccc45)c4ccccc34)cccc2c1. The highest BCUT2D eigenvalue weighted by atomic mass is 32.1. The summed E-state index contributed by atoms with van der Waals surface area (Å²) in [5, 5.41) is 13.1. The molecule has 0 radical (unpaired) electrons. The van der Waals surface area contributed by atoms with Crippen molar-refractivity contribution in [3.05, 3.63) is 146 Å². The Kier molecular flexibility index (Phi) is 5.13. The first-order valence-electron chi connectivity index (χ1n) is 15.0. The van der Waals surface area contributed by atoms with Gasteiger partial charge in [-0.1, -0.05) is 127 Å². The van der Waals surface area contributed by atoms with Crippen LogP contribution in [0.2, 0.25) is 0 Å². The number of hydrogen-bond acceptors (Lipinski definition) is 2. The highest BCUT2D eigenvalue weighted by Crippen LogP contribution is 2.53. The van der Waals surface area contributed by atoms with Crippen LogP contribution in [-0.2, 0) is 0 Å². The van der Waals surface area contributed by atoms with Crippen LogP contribution >= 0.6 is 22.7 Å². The Hall–Kier alpha value is -5.02. The standard InChI is InChI=1S/C42H24S2/c1-2-14-26-25(12-1)13-11-21-29(26)38-30-17-3-5-19-32(30)39(33-20-6-4-18-31(33)38)40-41-34(27-15-7-9-22-36(27)43-41)24-35-28-16-8-10-23-37(28)44-42(35)40/h1-24H. The highest BCUT2D eigenvalue weighted by molar-refractivity contribution is 7.29. The quantitative estimate of drug-likeness (QED) is 0.175. The van der Waals surface area contributed by atoms with Crippen LogP contribution in [0.4, 0.5) is 0 Å². The molecule has 0 fully saturated rings. The molecule has 0 aliphatic carbocycles. The number of fused-ring (bicyclic) bond motifs is 9. The molecule has 2 aromatic heterocycles. The van der Waals surface area contributed by atoms with Crippen LogP contribution in [0.3, 0.4) is 0 Å². The lowest BCUT2D eigenvalue weighted by Crippen LogP contribution is -1.92. The molecule has 2 heteroatoms. The molecule has 10 aromatic rings. The Morgan fingerprint density at radius 3 is 1.30 bits per heavy atom. The van der Waals surface area contributed by atoms with Gasteiger partial charge in [0, 0.05) is 51.5 Å². The molecule has 0 unspecified atom stereocenters. The summed E-state index contributed by atoms with van der Waals surface area (Å²) in [6.45, 7) is 0. The summed E-state index contributed by atoms with van der Waals surface area (Å²) in [4.78, 5) is 0. The lowest BCUT2D eigenvalue weighted by molar-refractivity contribution is 1.70. The number of benzene rings is 8. The van der Waals surface area contributed by atoms with Crippen LogP contribution in [0.5, 0.6) is 0 Å². The first-order chi connectivity index (χ1) is 21.8. The second-order valence-electron chi connectivity index (χ2n) is 11.6. The zero-order valence-corrected chi connectivity index (χ0v) is 25.3. The fraction of sp³-hybridized carbons (Fsp3) is 0. The van der Waals surface area contributed by atoms with E-state index in [9.17, 15) is 0 Å². The molecule has 0 bridgehead atoms. The van der Waals surface area contributed by atoms with Crippen molar-refractivity contribution in [3.63, 3.8) is 0 Å². The summed E-state index contributed by atoms with van der Waals surface area (Å²) in [7, 11) is 0. The molecular formula is C42H24S2. The van der Waals surface area contributed by atoms with E-state index in [0.717, 1.165) is 0 Å². The first-order valence-corrected chi connectivity index (χ1v) is 16.7. The Labute approximate surface area is 262 Å². The van der Waals surface area contributed by atoms with E-state index in [-0.39, 0.29) is 0 Å².